The first-order chi connectivity index (χ1) is 9.47. The first-order valence-corrected chi connectivity index (χ1v) is 6.61. The molecule has 1 N–H and O–H groups in total. The summed E-state index contributed by atoms with van der Waals surface area (Å²) in [5.74, 6) is -1.22. The molecule has 0 radical (unpaired) electrons. The highest BCUT2D eigenvalue weighted by atomic mass is 19.1. The van der Waals surface area contributed by atoms with Crippen LogP contribution in [-0.2, 0) is 9.53 Å². The van der Waals surface area contributed by atoms with Crippen LogP contribution < -0.4 is 0 Å². The molecule has 1 aromatic carbocycles. The van der Waals surface area contributed by atoms with Crippen molar-refractivity contribution in [1.82, 2.24) is 4.57 Å². The Morgan fingerprint density at radius 3 is 2.75 bits per heavy atom. The summed E-state index contributed by atoms with van der Waals surface area (Å²) in [5.41, 5.74) is 0.892. The van der Waals surface area contributed by atoms with Gasteiger partial charge in [-0.05, 0) is 32.9 Å². The molecule has 0 aliphatic carbocycles. The summed E-state index contributed by atoms with van der Waals surface area (Å²) in [6.07, 6.45) is 0.134. The molecule has 0 aliphatic heterocycles. The molecule has 20 heavy (non-hydrogen) atoms. The Labute approximate surface area is 116 Å². The minimum absolute atomic E-state index is 0.0856. The Kier molecular flexibility index (Phi) is 4.09. The van der Waals surface area contributed by atoms with E-state index in [1.807, 2.05) is 18.4 Å². The number of ether oxygens (including phenoxy) is 1. The summed E-state index contributed by atoms with van der Waals surface area (Å²) in [7, 11) is 0. The minimum atomic E-state index is -1.48. The summed E-state index contributed by atoms with van der Waals surface area (Å²) < 4.78 is 20.7. The van der Waals surface area contributed by atoms with Gasteiger partial charge in [0, 0.05) is 23.2 Å². The van der Waals surface area contributed by atoms with Gasteiger partial charge in [0.15, 0.2) is 6.10 Å². The monoisotopic (exact) mass is 279 g/mol. The molecule has 1 unspecified atom stereocenters. The highest BCUT2D eigenvalue weighted by molar-refractivity contribution is 5.90. The summed E-state index contributed by atoms with van der Waals surface area (Å²) in [5, 5.41) is 10.3. The fourth-order valence-corrected chi connectivity index (χ4v) is 2.28. The highest BCUT2D eigenvalue weighted by Crippen LogP contribution is 2.31. The van der Waals surface area contributed by atoms with Crippen LogP contribution >= 0.6 is 0 Å². The zero-order chi connectivity index (χ0) is 14.9. The zero-order valence-corrected chi connectivity index (χ0v) is 11.8. The molecule has 1 aromatic heterocycles. The third-order valence-electron chi connectivity index (χ3n) is 3.20. The van der Waals surface area contributed by atoms with Crippen LogP contribution in [0.15, 0.2) is 24.4 Å². The lowest BCUT2D eigenvalue weighted by Gasteiger charge is -2.09. The maximum atomic E-state index is 14.1. The number of hydrogen-bond donors (Lipinski definition) is 1. The van der Waals surface area contributed by atoms with Gasteiger partial charge >= 0.3 is 5.97 Å². The van der Waals surface area contributed by atoms with E-state index < -0.39 is 17.9 Å². The van der Waals surface area contributed by atoms with Crippen molar-refractivity contribution >= 4 is 16.9 Å². The minimum Gasteiger partial charge on any atom is -0.464 e. The normalized spacial score (nSPS) is 12.9. The van der Waals surface area contributed by atoms with Gasteiger partial charge in [0.2, 0.25) is 0 Å². The van der Waals surface area contributed by atoms with Crippen molar-refractivity contribution in [2.24, 2.45) is 0 Å². The average Bonchev–Trinajstić information content (AvgIpc) is 2.79. The maximum Gasteiger partial charge on any atom is 0.339 e. The predicted molar refractivity (Wildman–Crippen MR) is 73.9 cm³/mol. The number of benzene rings is 1. The standard InChI is InChI=1S/C15H18FNO3/c1-4-20-15(19)14(18)10-8-17(9(2)3)12-7-5-6-11(16)13(10)12/h5-9,14,18H,4H2,1-3H3. The van der Waals surface area contributed by atoms with Crippen LogP contribution in [0.5, 0.6) is 0 Å². The molecule has 2 aromatic rings. The average molecular weight is 279 g/mol. The summed E-state index contributed by atoms with van der Waals surface area (Å²) in [6, 6.07) is 4.77. The number of halogens is 1. The molecular formula is C15H18FNO3. The molecule has 1 atom stereocenters. The Morgan fingerprint density at radius 1 is 1.45 bits per heavy atom. The Morgan fingerprint density at radius 2 is 2.15 bits per heavy atom. The molecule has 4 nitrogen and oxygen atoms in total. The van der Waals surface area contributed by atoms with Gasteiger partial charge in [-0.15, -0.1) is 0 Å². The van der Waals surface area contributed by atoms with Crippen LogP contribution in [0.1, 0.15) is 38.5 Å². The van der Waals surface area contributed by atoms with Gasteiger partial charge in [0.25, 0.3) is 0 Å². The van der Waals surface area contributed by atoms with E-state index in [-0.39, 0.29) is 23.6 Å². The fourth-order valence-electron chi connectivity index (χ4n) is 2.28. The topological polar surface area (TPSA) is 51.5 Å². The van der Waals surface area contributed by atoms with Gasteiger partial charge in [-0.3, -0.25) is 0 Å². The molecule has 5 heteroatoms. The number of fused-ring (bicyclic) bond motifs is 1. The molecule has 0 amide bonds. The Hall–Kier alpha value is -1.88. The van der Waals surface area contributed by atoms with Crippen LogP contribution in [0, 0.1) is 5.82 Å². The second-order valence-corrected chi connectivity index (χ2v) is 4.87. The SMILES string of the molecule is CCOC(=O)C(O)c1cn(C(C)C)c2cccc(F)c12. The number of carbonyl (C=O) groups is 1. The summed E-state index contributed by atoms with van der Waals surface area (Å²) >= 11 is 0. The molecule has 0 saturated carbocycles. The van der Waals surface area contributed by atoms with Crippen molar-refractivity contribution in [3.63, 3.8) is 0 Å². The van der Waals surface area contributed by atoms with Crippen LogP contribution in [0.3, 0.4) is 0 Å². The Bertz CT molecular complexity index is 633. The van der Waals surface area contributed by atoms with E-state index >= 15 is 0 Å². The Balaban J connectivity index is 2.61. The van der Waals surface area contributed by atoms with Gasteiger partial charge in [0.1, 0.15) is 5.82 Å². The number of aliphatic hydroxyl groups is 1. The lowest BCUT2D eigenvalue weighted by molar-refractivity contribution is -0.153. The molecule has 0 aliphatic rings. The van der Waals surface area contributed by atoms with E-state index in [9.17, 15) is 14.3 Å². The molecule has 0 spiro atoms. The predicted octanol–water partition coefficient (Wildman–Crippen LogP) is 2.96. The number of nitrogens with zero attached hydrogens (tertiary/aromatic N) is 1. The smallest absolute Gasteiger partial charge is 0.339 e. The van der Waals surface area contributed by atoms with Gasteiger partial charge < -0.3 is 14.4 Å². The van der Waals surface area contributed by atoms with Crippen LogP contribution in [0.4, 0.5) is 4.39 Å². The largest absolute Gasteiger partial charge is 0.464 e. The van der Waals surface area contributed by atoms with E-state index in [2.05, 4.69) is 0 Å². The van der Waals surface area contributed by atoms with Crippen molar-refractivity contribution in [1.29, 1.82) is 0 Å². The molecule has 108 valence electrons. The second-order valence-electron chi connectivity index (χ2n) is 4.87. The van der Waals surface area contributed by atoms with Crippen molar-refractivity contribution < 1.29 is 19.0 Å². The third kappa shape index (κ3) is 2.41. The van der Waals surface area contributed by atoms with Crippen LogP contribution in [-0.4, -0.2) is 22.2 Å². The number of aliphatic hydroxyl groups excluding tert-OH is 1. The molecule has 0 saturated heterocycles. The van der Waals surface area contributed by atoms with Crippen molar-refractivity contribution in [2.75, 3.05) is 6.61 Å². The summed E-state index contributed by atoms with van der Waals surface area (Å²) in [6.45, 7) is 5.72. The molecule has 2 rings (SSSR count). The molecular weight excluding hydrogens is 261 g/mol. The first-order valence-electron chi connectivity index (χ1n) is 6.61. The molecule has 1 heterocycles. The quantitative estimate of drug-likeness (QED) is 0.875. The van der Waals surface area contributed by atoms with E-state index in [0.29, 0.717) is 5.52 Å². The number of hydrogen-bond acceptors (Lipinski definition) is 3. The number of rotatable bonds is 4. The van der Waals surface area contributed by atoms with Crippen LogP contribution in [0.2, 0.25) is 0 Å². The van der Waals surface area contributed by atoms with E-state index in [1.165, 1.54) is 6.07 Å². The van der Waals surface area contributed by atoms with Crippen LogP contribution in [0.25, 0.3) is 10.9 Å². The van der Waals surface area contributed by atoms with Gasteiger partial charge in [-0.25, -0.2) is 9.18 Å². The van der Waals surface area contributed by atoms with E-state index in [4.69, 9.17) is 4.74 Å². The van der Waals surface area contributed by atoms with Crippen molar-refractivity contribution in [2.45, 2.75) is 32.9 Å². The van der Waals surface area contributed by atoms with Gasteiger partial charge in [0.05, 0.1) is 12.1 Å². The maximum absolute atomic E-state index is 14.1. The zero-order valence-electron chi connectivity index (χ0n) is 11.8. The lowest BCUT2D eigenvalue weighted by atomic mass is 10.1. The summed E-state index contributed by atoms with van der Waals surface area (Å²) in [4.78, 5) is 11.7. The number of carbonyl (C=O) groups excluding carboxylic acids is 1. The van der Waals surface area contributed by atoms with Crippen molar-refractivity contribution in [3.8, 4) is 0 Å². The highest BCUT2D eigenvalue weighted by Gasteiger charge is 2.25. The third-order valence-corrected chi connectivity index (χ3v) is 3.20. The first kappa shape index (κ1) is 14.5. The molecule has 0 fully saturated rings. The fraction of sp³-hybridized carbons (Fsp3) is 0.400. The van der Waals surface area contributed by atoms with E-state index in [1.54, 1.807) is 25.3 Å². The molecule has 0 bridgehead atoms. The lowest BCUT2D eigenvalue weighted by Crippen LogP contribution is -2.15. The van der Waals surface area contributed by atoms with Gasteiger partial charge in [-0.1, -0.05) is 6.07 Å². The van der Waals surface area contributed by atoms with E-state index in [0.717, 1.165) is 0 Å². The van der Waals surface area contributed by atoms with Gasteiger partial charge in [-0.2, -0.15) is 0 Å². The second kappa shape index (κ2) is 5.63. The number of esters is 1. The number of aromatic nitrogens is 1. The van der Waals surface area contributed by atoms with Crippen molar-refractivity contribution in [3.05, 3.63) is 35.8 Å².